The molecule has 0 aliphatic heterocycles. The third-order valence-corrected chi connectivity index (χ3v) is 19.2. The van der Waals surface area contributed by atoms with Crippen molar-refractivity contribution in [3.63, 3.8) is 0 Å². The number of phenolic OH excluding ortho intramolecular Hbond substituents is 1. The summed E-state index contributed by atoms with van der Waals surface area (Å²) in [6, 6.07) is 25.1. The zero-order chi connectivity index (χ0) is 51.3. The van der Waals surface area contributed by atoms with Crippen molar-refractivity contribution in [1.29, 1.82) is 0 Å². The van der Waals surface area contributed by atoms with Gasteiger partial charge in [-0.05, 0) is 221 Å². The number of phenols is 1. The number of carbonyl (C=O) groups is 2. The van der Waals surface area contributed by atoms with Gasteiger partial charge in [0.05, 0.1) is 36.4 Å². The number of rotatable bonds is 14. The molecule has 0 amide bonds. The van der Waals surface area contributed by atoms with Gasteiger partial charge >= 0.3 is 11.9 Å². The molecule has 8 aliphatic rings. The van der Waals surface area contributed by atoms with Gasteiger partial charge in [-0.3, -0.25) is 13.8 Å². The highest BCUT2D eigenvalue weighted by Crippen LogP contribution is 2.54. The summed E-state index contributed by atoms with van der Waals surface area (Å²) < 4.78 is 38.2. The van der Waals surface area contributed by atoms with Crippen LogP contribution in [0.2, 0.25) is 0 Å². The number of hydrogen-bond donors (Lipinski definition) is 4. The molecule has 0 heterocycles. The summed E-state index contributed by atoms with van der Waals surface area (Å²) >= 11 is 0. The first kappa shape index (κ1) is 54.0. The Morgan fingerprint density at radius 1 is 0.583 bits per heavy atom. The number of nitrogens with one attached hydrogen (secondary N) is 2. The molecule has 0 spiro atoms. The van der Waals surface area contributed by atoms with Crippen molar-refractivity contribution in [3.05, 3.63) is 83.9 Å². The number of carboxylic acids is 1. The average molecular weight is 1010 g/mol. The van der Waals surface area contributed by atoms with Crippen LogP contribution in [-0.4, -0.2) is 67.2 Å². The maximum Gasteiger partial charge on any atom is 0.311 e. The van der Waals surface area contributed by atoms with Gasteiger partial charge in [0, 0.05) is 24.2 Å². The van der Waals surface area contributed by atoms with E-state index in [0.29, 0.717) is 17.8 Å². The summed E-state index contributed by atoms with van der Waals surface area (Å²) in [7, 11) is -1.76. The van der Waals surface area contributed by atoms with Gasteiger partial charge in [-0.15, -0.1) is 0 Å². The molecule has 8 saturated carbocycles. The van der Waals surface area contributed by atoms with E-state index in [9.17, 15) is 28.2 Å². The first-order chi connectivity index (χ1) is 34.3. The standard InChI is InChI=1S/C29H39NO3.C21H25NO3.C10H20O3S/c1-20(2)22-5-8-25(9-6-22)33-26-10-7-23-17-21(3-4-24(23)18-26)19-30-29-14-11-28(12-15-29,13-16-29)27(31)32;1-25-19(24)20-6-9-21(10-7-20,11-8-20)22-14-15-2-3-17-13-18(23)5-4-16(17)12-15;1-8(2)9-4-6-10(7-5-9)13-14(3,11)12/h3-4,7,10,17-18,20,22,25,30H,5-6,8-9,11-16,19H2,1-2H3,(H,31,32);2-5,12-13,22-23H,6-11,14H2,1H3;8-10H,4-7H2,1-3H3. The Bertz CT molecular complexity index is 2560. The van der Waals surface area contributed by atoms with Crippen LogP contribution in [0.1, 0.15) is 167 Å². The van der Waals surface area contributed by atoms with Crippen molar-refractivity contribution < 1.29 is 41.9 Å². The summed E-state index contributed by atoms with van der Waals surface area (Å²) in [4.78, 5) is 23.8. The minimum atomic E-state index is -3.26. The molecule has 8 fully saturated rings. The van der Waals surface area contributed by atoms with E-state index in [1.807, 2.05) is 6.07 Å². The maximum absolute atomic E-state index is 12.1. The molecule has 12 rings (SSSR count). The van der Waals surface area contributed by atoms with Crippen molar-refractivity contribution in [1.82, 2.24) is 10.6 Å². The number of fused-ring (bicyclic) bond motifs is 8. The third kappa shape index (κ3) is 13.2. The monoisotopic (exact) mass is 1010 g/mol. The number of aromatic hydroxyl groups is 1. The van der Waals surface area contributed by atoms with Crippen LogP contribution in [-0.2, 0) is 41.7 Å². The van der Waals surface area contributed by atoms with Gasteiger partial charge in [0.15, 0.2) is 0 Å². The number of esters is 1. The lowest BCUT2D eigenvalue weighted by molar-refractivity contribution is -0.160. The number of methoxy groups -OCH3 is 1. The lowest BCUT2D eigenvalue weighted by Crippen LogP contribution is -2.56. The number of benzene rings is 4. The van der Waals surface area contributed by atoms with Crippen molar-refractivity contribution >= 4 is 43.6 Å². The van der Waals surface area contributed by atoms with Crippen LogP contribution >= 0.6 is 0 Å². The molecule has 11 nitrogen and oxygen atoms in total. The van der Waals surface area contributed by atoms with Gasteiger partial charge in [-0.1, -0.05) is 64.1 Å². The first-order valence-corrected chi connectivity index (χ1v) is 29.2. The Kier molecular flexibility index (Phi) is 17.0. The molecule has 72 heavy (non-hydrogen) atoms. The summed E-state index contributed by atoms with van der Waals surface area (Å²) in [5, 5.41) is 31.5. The highest BCUT2D eigenvalue weighted by Gasteiger charge is 2.53. The smallest absolute Gasteiger partial charge is 0.311 e. The molecule has 394 valence electrons. The number of carbonyl (C=O) groups excluding carboxylic acids is 1. The van der Waals surface area contributed by atoms with E-state index < -0.39 is 21.5 Å². The number of aliphatic carboxylic acids is 1. The largest absolute Gasteiger partial charge is 0.508 e. The molecule has 4 aromatic rings. The van der Waals surface area contributed by atoms with E-state index in [1.54, 1.807) is 12.1 Å². The van der Waals surface area contributed by atoms with E-state index in [-0.39, 0.29) is 28.6 Å². The predicted molar refractivity (Wildman–Crippen MR) is 286 cm³/mol. The Labute approximate surface area is 430 Å². The highest BCUT2D eigenvalue weighted by molar-refractivity contribution is 7.86. The third-order valence-electron chi connectivity index (χ3n) is 18.6. The van der Waals surface area contributed by atoms with Crippen LogP contribution in [0.5, 0.6) is 11.5 Å². The van der Waals surface area contributed by atoms with E-state index >= 15 is 0 Å². The van der Waals surface area contributed by atoms with Crippen molar-refractivity contribution in [2.24, 2.45) is 34.5 Å². The zero-order valence-corrected chi connectivity index (χ0v) is 44.9. The Hall–Kier alpha value is -4.23. The number of hydrogen-bond acceptors (Lipinski definition) is 10. The van der Waals surface area contributed by atoms with E-state index in [0.717, 1.165) is 156 Å². The van der Waals surface area contributed by atoms with Gasteiger partial charge in [-0.25, -0.2) is 0 Å². The lowest BCUT2D eigenvalue weighted by Gasteiger charge is -2.52. The molecule has 4 aromatic carbocycles. The average Bonchev–Trinajstić information content (AvgIpc) is 3.38. The summed E-state index contributed by atoms with van der Waals surface area (Å²) in [5.41, 5.74) is 2.17. The second-order valence-electron chi connectivity index (χ2n) is 23.8. The minimum Gasteiger partial charge on any atom is -0.508 e. The van der Waals surface area contributed by atoms with Crippen LogP contribution in [0, 0.1) is 34.5 Å². The second kappa shape index (κ2) is 22.7. The van der Waals surface area contributed by atoms with E-state index in [2.05, 4.69) is 92.9 Å². The molecule has 0 unspecified atom stereocenters. The SMILES string of the molecule is CC(C)C1CCC(OS(C)(=O)=O)CC1.CC(C)C1CCC(Oc2ccc3cc(CNC45CCC(C(=O)O)(CC4)CC5)ccc3c2)CC1.COC(=O)C12CCC(NCc3ccc4cc(O)ccc4c3)(CC1)CC2. The van der Waals surface area contributed by atoms with Crippen molar-refractivity contribution in [3.8, 4) is 11.5 Å². The quantitative estimate of drug-likeness (QED) is 0.0703. The number of carboxylic acid groups (broad SMARTS) is 1. The molecule has 0 atom stereocenters. The summed E-state index contributed by atoms with van der Waals surface area (Å²) in [6.45, 7) is 10.8. The van der Waals surface area contributed by atoms with E-state index in [1.165, 1.54) is 54.7 Å². The normalized spacial score (nSPS) is 30.1. The molecular weight excluding hydrogens is 925 g/mol. The second-order valence-corrected chi connectivity index (χ2v) is 25.4. The fourth-order valence-electron chi connectivity index (χ4n) is 13.3. The first-order valence-electron chi connectivity index (χ1n) is 27.4. The Morgan fingerprint density at radius 3 is 1.44 bits per heavy atom. The van der Waals surface area contributed by atoms with Gasteiger partial charge in [-0.2, -0.15) is 8.42 Å². The molecule has 8 aliphatic carbocycles. The molecule has 0 radical (unpaired) electrons. The van der Waals surface area contributed by atoms with E-state index in [4.69, 9.17) is 13.7 Å². The molecule has 0 saturated heterocycles. The van der Waals surface area contributed by atoms with Crippen LogP contribution in [0.25, 0.3) is 21.5 Å². The van der Waals surface area contributed by atoms with Crippen LogP contribution in [0.4, 0.5) is 0 Å². The molecule has 0 aromatic heterocycles. The molecular formula is C60H84N2O9S. The maximum atomic E-state index is 12.1. The fraction of sp³-hybridized carbons (Fsp3) is 0.633. The van der Waals surface area contributed by atoms with Crippen LogP contribution in [0.3, 0.4) is 0 Å². The molecule has 12 heteroatoms. The summed E-state index contributed by atoms with van der Waals surface area (Å²) in [6.07, 6.45) is 21.6. The Balaban J connectivity index is 0.000000157. The van der Waals surface area contributed by atoms with Crippen LogP contribution < -0.4 is 15.4 Å². The van der Waals surface area contributed by atoms with Gasteiger partial charge < -0.3 is 30.3 Å². The van der Waals surface area contributed by atoms with Crippen LogP contribution in [0.15, 0.2) is 72.8 Å². The molecule has 4 bridgehead atoms. The topological polar surface area (TPSA) is 160 Å². The van der Waals surface area contributed by atoms with Crippen molar-refractivity contribution in [2.45, 2.75) is 192 Å². The highest BCUT2D eigenvalue weighted by atomic mass is 32.2. The lowest BCUT2D eigenvalue weighted by atomic mass is 9.57. The van der Waals surface area contributed by atoms with Gasteiger partial charge in [0.25, 0.3) is 10.1 Å². The minimum absolute atomic E-state index is 0.0152. The predicted octanol–water partition coefficient (Wildman–Crippen LogP) is 12.8. The number of ether oxygens (including phenoxy) is 2. The summed E-state index contributed by atoms with van der Waals surface area (Å²) in [5.74, 6) is 3.78. The van der Waals surface area contributed by atoms with Gasteiger partial charge in [0.2, 0.25) is 0 Å². The van der Waals surface area contributed by atoms with Crippen molar-refractivity contribution in [2.75, 3.05) is 13.4 Å². The Morgan fingerprint density at radius 2 is 1.00 bits per heavy atom. The zero-order valence-electron chi connectivity index (χ0n) is 44.1. The van der Waals surface area contributed by atoms with Gasteiger partial charge in [0.1, 0.15) is 11.5 Å². The molecule has 4 N–H and O–H groups in total. The fourth-order valence-corrected chi connectivity index (χ4v) is 14.0.